The molecule has 1 aromatic carbocycles. The number of nitrogens with two attached hydrogens (primary N) is 1. The zero-order chi connectivity index (χ0) is 26.4. The summed E-state index contributed by atoms with van der Waals surface area (Å²) in [5, 5.41) is 14.6. The summed E-state index contributed by atoms with van der Waals surface area (Å²) in [6, 6.07) is 6.43. The number of rotatable bonds is 8. The van der Waals surface area contributed by atoms with Crippen LogP contribution in [0.5, 0.6) is 5.75 Å². The first-order chi connectivity index (χ1) is 17.7. The number of ether oxygens (including phenoxy) is 1. The second-order valence-electron chi connectivity index (χ2n) is 9.55. The number of nitro groups is 1. The van der Waals surface area contributed by atoms with Crippen LogP contribution in [0.3, 0.4) is 0 Å². The number of nitrogen functional groups attached to an aromatic ring is 1. The van der Waals surface area contributed by atoms with Crippen molar-refractivity contribution in [3.63, 3.8) is 0 Å². The Bertz CT molecular complexity index is 1060. The van der Waals surface area contributed by atoms with Crippen molar-refractivity contribution in [2.24, 2.45) is 5.92 Å². The Labute approximate surface area is 213 Å². The van der Waals surface area contributed by atoms with E-state index in [4.69, 9.17) is 5.73 Å². The lowest BCUT2D eigenvalue weighted by Crippen LogP contribution is -2.41. The van der Waals surface area contributed by atoms with Gasteiger partial charge >= 0.3 is 12.0 Å². The maximum Gasteiger partial charge on any atom is 0.573 e. The van der Waals surface area contributed by atoms with Gasteiger partial charge in [-0.1, -0.05) is 18.2 Å². The van der Waals surface area contributed by atoms with E-state index in [1.54, 1.807) is 17.0 Å². The molecule has 3 N–H and O–H groups in total. The smallest absolute Gasteiger partial charge is 0.405 e. The average Bonchev–Trinajstić information content (AvgIpc) is 3.14. The number of hydrogen-bond acceptors (Lipinski definition) is 9. The Morgan fingerprint density at radius 3 is 2.65 bits per heavy atom. The fraction of sp³-hybridized carbons (Fsp3) is 0.583. The zero-order valence-corrected chi connectivity index (χ0v) is 20.5. The Morgan fingerprint density at radius 1 is 1.19 bits per heavy atom. The standard InChI is InChI=1S/C24H32F3N7O3/c25-24(26,27)37-21-5-2-1-4-18(21)16-33(23-30-14-20(34(35)36)22(28)31-23)15-17-6-8-19(9-7-17)32-12-3-10-29-11-13-32/h1-2,4-5,14,17,19,29H,3,6-13,15-16H2,(H2,28,30,31). The van der Waals surface area contributed by atoms with Crippen LogP contribution in [0.25, 0.3) is 0 Å². The van der Waals surface area contributed by atoms with Crippen molar-refractivity contribution in [2.45, 2.75) is 51.1 Å². The number of hydrogen-bond donors (Lipinski definition) is 2. The molecule has 1 aliphatic carbocycles. The highest BCUT2D eigenvalue weighted by Gasteiger charge is 2.33. The predicted molar refractivity (Wildman–Crippen MR) is 132 cm³/mol. The maximum absolute atomic E-state index is 13.0. The first-order valence-corrected chi connectivity index (χ1v) is 12.5. The van der Waals surface area contributed by atoms with Crippen molar-refractivity contribution in [2.75, 3.05) is 43.4 Å². The van der Waals surface area contributed by atoms with Crippen LogP contribution >= 0.6 is 0 Å². The molecule has 0 amide bonds. The molecule has 2 heterocycles. The molecule has 13 heteroatoms. The topological polar surface area (TPSA) is 123 Å². The molecule has 4 rings (SSSR count). The number of nitrogens with one attached hydrogen (secondary N) is 1. The first-order valence-electron chi connectivity index (χ1n) is 12.5. The third kappa shape index (κ3) is 7.41. The summed E-state index contributed by atoms with van der Waals surface area (Å²) >= 11 is 0. The summed E-state index contributed by atoms with van der Waals surface area (Å²) in [4.78, 5) is 23.1. The van der Waals surface area contributed by atoms with Crippen LogP contribution in [0.15, 0.2) is 30.5 Å². The Balaban J connectivity index is 1.51. The third-order valence-electron chi connectivity index (χ3n) is 7.01. The minimum atomic E-state index is -4.84. The van der Waals surface area contributed by atoms with E-state index in [0.29, 0.717) is 18.2 Å². The number of halogens is 3. The highest BCUT2D eigenvalue weighted by Crippen LogP contribution is 2.32. The van der Waals surface area contributed by atoms with Gasteiger partial charge in [-0.15, -0.1) is 13.2 Å². The van der Waals surface area contributed by atoms with E-state index in [1.807, 2.05) is 0 Å². The SMILES string of the molecule is Nc1nc(N(Cc2ccccc2OC(F)(F)F)CC2CCC(N3CCCNCC3)CC2)ncc1[N+](=O)[O-]. The highest BCUT2D eigenvalue weighted by molar-refractivity contribution is 5.54. The fourth-order valence-electron chi connectivity index (χ4n) is 5.19. The van der Waals surface area contributed by atoms with Gasteiger partial charge in [0.15, 0.2) is 0 Å². The van der Waals surface area contributed by atoms with E-state index in [-0.39, 0.29) is 30.0 Å². The van der Waals surface area contributed by atoms with E-state index < -0.39 is 17.0 Å². The number of aromatic nitrogens is 2. The Kier molecular flexibility index (Phi) is 8.64. The van der Waals surface area contributed by atoms with Gasteiger partial charge in [0.2, 0.25) is 11.8 Å². The molecule has 0 bridgehead atoms. The molecule has 2 fully saturated rings. The third-order valence-corrected chi connectivity index (χ3v) is 7.01. The van der Waals surface area contributed by atoms with Gasteiger partial charge in [-0.05, 0) is 57.2 Å². The molecule has 10 nitrogen and oxygen atoms in total. The quantitative estimate of drug-likeness (QED) is 0.394. The van der Waals surface area contributed by atoms with Gasteiger partial charge in [0, 0.05) is 37.8 Å². The number of nitrogens with zero attached hydrogens (tertiary/aromatic N) is 5. The van der Waals surface area contributed by atoms with Gasteiger partial charge in [0.05, 0.1) is 4.92 Å². The summed E-state index contributed by atoms with van der Waals surface area (Å²) in [5.41, 5.74) is 5.69. The minimum Gasteiger partial charge on any atom is -0.405 e. The van der Waals surface area contributed by atoms with E-state index in [1.165, 1.54) is 12.1 Å². The van der Waals surface area contributed by atoms with Crippen LogP contribution < -0.4 is 20.7 Å². The molecule has 1 saturated carbocycles. The summed E-state index contributed by atoms with van der Waals surface area (Å²) in [6.07, 6.45) is 1.31. The molecule has 1 saturated heterocycles. The summed E-state index contributed by atoms with van der Waals surface area (Å²) in [7, 11) is 0. The van der Waals surface area contributed by atoms with Crippen LogP contribution in [0.4, 0.5) is 30.6 Å². The van der Waals surface area contributed by atoms with Crippen LogP contribution in [-0.4, -0.2) is 64.9 Å². The van der Waals surface area contributed by atoms with Crippen molar-refractivity contribution >= 4 is 17.5 Å². The van der Waals surface area contributed by atoms with Crippen molar-refractivity contribution in [3.05, 3.63) is 46.1 Å². The van der Waals surface area contributed by atoms with Crippen molar-refractivity contribution in [1.82, 2.24) is 20.2 Å². The molecular formula is C24H32F3N7O3. The van der Waals surface area contributed by atoms with Crippen LogP contribution in [-0.2, 0) is 6.54 Å². The Hall–Kier alpha value is -3.19. The summed E-state index contributed by atoms with van der Waals surface area (Å²) in [5.74, 6) is -0.214. The number of para-hydroxylation sites is 1. The van der Waals surface area contributed by atoms with Gasteiger partial charge in [-0.2, -0.15) is 4.98 Å². The minimum absolute atomic E-state index is 0.0290. The van der Waals surface area contributed by atoms with E-state index in [0.717, 1.165) is 64.5 Å². The number of alkyl halides is 3. The first kappa shape index (κ1) is 26.9. The number of benzene rings is 1. The lowest BCUT2D eigenvalue weighted by molar-refractivity contribution is -0.384. The molecule has 202 valence electrons. The average molecular weight is 524 g/mol. The summed E-state index contributed by atoms with van der Waals surface area (Å²) in [6.45, 7) is 4.66. The van der Waals surface area contributed by atoms with Crippen LogP contribution in [0.2, 0.25) is 0 Å². The molecule has 0 radical (unpaired) electrons. The van der Waals surface area contributed by atoms with Crippen molar-refractivity contribution < 1.29 is 22.8 Å². The van der Waals surface area contributed by atoms with Gasteiger partial charge in [0.1, 0.15) is 11.9 Å². The van der Waals surface area contributed by atoms with Crippen molar-refractivity contribution in [1.29, 1.82) is 0 Å². The van der Waals surface area contributed by atoms with Crippen LogP contribution in [0.1, 0.15) is 37.7 Å². The van der Waals surface area contributed by atoms with Crippen molar-refractivity contribution in [3.8, 4) is 5.75 Å². The second-order valence-corrected chi connectivity index (χ2v) is 9.55. The van der Waals surface area contributed by atoms with Gasteiger partial charge in [-0.3, -0.25) is 15.0 Å². The van der Waals surface area contributed by atoms with Gasteiger partial charge in [0.25, 0.3) is 0 Å². The molecule has 1 aromatic heterocycles. The highest BCUT2D eigenvalue weighted by atomic mass is 19.4. The predicted octanol–water partition coefficient (Wildman–Crippen LogP) is 3.73. The van der Waals surface area contributed by atoms with Gasteiger partial charge in [-0.25, -0.2) is 4.98 Å². The lowest BCUT2D eigenvalue weighted by Gasteiger charge is -2.38. The largest absolute Gasteiger partial charge is 0.573 e. The maximum atomic E-state index is 13.0. The summed E-state index contributed by atoms with van der Waals surface area (Å²) < 4.78 is 43.2. The number of anilines is 2. The molecule has 37 heavy (non-hydrogen) atoms. The van der Waals surface area contributed by atoms with E-state index in [9.17, 15) is 23.3 Å². The van der Waals surface area contributed by atoms with E-state index in [2.05, 4.69) is 24.9 Å². The molecule has 2 aliphatic rings. The Morgan fingerprint density at radius 2 is 1.95 bits per heavy atom. The molecule has 0 unspecified atom stereocenters. The van der Waals surface area contributed by atoms with Gasteiger partial charge < -0.3 is 20.7 Å². The molecule has 2 aromatic rings. The lowest BCUT2D eigenvalue weighted by atomic mass is 9.84. The second kappa shape index (κ2) is 11.9. The fourth-order valence-corrected chi connectivity index (χ4v) is 5.19. The molecular weight excluding hydrogens is 491 g/mol. The molecule has 0 atom stereocenters. The zero-order valence-electron chi connectivity index (χ0n) is 20.5. The van der Waals surface area contributed by atoms with Crippen LogP contribution in [0, 0.1) is 16.0 Å². The molecule has 0 spiro atoms. The molecule has 1 aliphatic heterocycles. The normalized spacial score (nSPS) is 21.3. The monoisotopic (exact) mass is 523 g/mol. The van der Waals surface area contributed by atoms with E-state index >= 15 is 0 Å².